The van der Waals surface area contributed by atoms with E-state index >= 15 is 0 Å². The Bertz CT molecular complexity index is 1150. The highest BCUT2D eigenvalue weighted by Gasteiger charge is 2.29. The minimum atomic E-state index is -3.76. The first-order chi connectivity index (χ1) is 16.4. The molecule has 1 N–H and O–H groups in total. The third-order valence-electron chi connectivity index (χ3n) is 5.19. The zero-order chi connectivity index (χ0) is 24.6. The van der Waals surface area contributed by atoms with Crippen LogP contribution in [0.5, 0.6) is 17.2 Å². The topological polar surface area (TPSA) is 118 Å². The summed E-state index contributed by atoms with van der Waals surface area (Å²) in [6.07, 6.45) is 2.64. The van der Waals surface area contributed by atoms with Gasteiger partial charge in [-0.05, 0) is 57.0 Å². The first-order valence-corrected chi connectivity index (χ1v) is 12.7. The molecule has 3 rings (SSSR count). The van der Waals surface area contributed by atoms with Gasteiger partial charge in [-0.1, -0.05) is 6.42 Å². The number of carbonyl (C=O) groups is 1. The Kier molecular flexibility index (Phi) is 8.73. The molecule has 1 heterocycles. The smallest absolute Gasteiger partial charge is 0.262 e. The molecule has 0 saturated carbocycles. The number of piperidine rings is 1. The number of hydrogen-bond acceptors (Lipinski definition) is 7. The molecule has 1 fully saturated rings. The zero-order valence-electron chi connectivity index (χ0n) is 19.4. The van der Waals surface area contributed by atoms with Gasteiger partial charge < -0.3 is 19.5 Å². The monoisotopic (exact) mass is 487 g/mol. The molecule has 2 aromatic carbocycles. The number of sulfonamides is 1. The molecule has 0 atom stereocenters. The molecule has 182 valence electrons. The van der Waals surface area contributed by atoms with Crippen LogP contribution in [0.25, 0.3) is 0 Å². The number of nitriles is 1. The maximum absolute atomic E-state index is 13.3. The van der Waals surface area contributed by atoms with Crippen molar-refractivity contribution in [1.29, 1.82) is 5.26 Å². The number of carbonyl (C=O) groups excluding carboxylic acids is 1. The van der Waals surface area contributed by atoms with Gasteiger partial charge in [-0.15, -0.1) is 0 Å². The van der Waals surface area contributed by atoms with Gasteiger partial charge in [0.2, 0.25) is 10.0 Å². The second-order valence-electron chi connectivity index (χ2n) is 7.60. The third kappa shape index (κ3) is 6.18. The van der Waals surface area contributed by atoms with Crippen LogP contribution in [0.3, 0.4) is 0 Å². The van der Waals surface area contributed by atoms with Gasteiger partial charge in [-0.25, -0.2) is 8.42 Å². The number of hydrogen-bond donors (Lipinski definition) is 1. The van der Waals surface area contributed by atoms with Crippen LogP contribution in [0.15, 0.2) is 41.3 Å². The highest BCUT2D eigenvalue weighted by atomic mass is 32.2. The molecule has 34 heavy (non-hydrogen) atoms. The molecule has 0 unspecified atom stereocenters. The molecule has 10 heteroatoms. The van der Waals surface area contributed by atoms with E-state index in [0.29, 0.717) is 49.1 Å². The lowest BCUT2D eigenvalue weighted by molar-refractivity contribution is -0.118. The Hall–Kier alpha value is -3.29. The second kappa shape index (κ2) is 11.7. The molecule has 0 spiro atoms. The van der Waals surface area contributed by atoms with E-state index in [0.717, 1.165) is 19.3 Å². The molecular weight excluding hydrogens is 458 g/mol. The molecular formula is C24H29N3O6S. The molecule has 1 saturated heterocycles. The highest BCUT2D eigenvalue weighted by molar-refractivity contribution is 7.89. The molecule has 1 aliphatic rings. The van der Waals surface area contributed by atoms with Crippen molar-refractivity contribution < 1.29 is 27.4 Å². The van der Waals surface area contributed by atoms with E-state index < -0.39 is 15.9 Å². The van der Waals surface area contributed by atoms with Crippen molar-refractivity contribution in [1.82, 2.24) is 4.31 Å². The van der Waals surface area contributed by atoms with Gasteiger partial charge in [0.15, 0.2) is 18.1 Å². The summed E-state index contributed by atoms with van der Waals surface area (Å²) in [5.74, 6) is 0.472. The maximum Gasteiger partial charge on any atom is 0.262 e. The molecule has 0 bridgehead atoms. The van der Waals surface area contributed by atoms with Crippen molar-refractivity contribution in [2.45, 2.75) is 38.0 Å². The van der Waals surface area contributed by atoms with Crippen LogP contribution in [-0.4, -0.2) is 51.5 Å². The van der Waals surface area contributed by atoms with Crippen molar-refractivity contribution in [2.75, 3.05) is 38.2 Å². The lowest BCUT2D eigenvalue weighted by Crippen LogP contribution is -2.35. The molecule has 0 radical (unpaired) electrons. The number of amides is 1. The Morgan fingerprint density at radius 3 is 2.32 bits per heavy atom. The van der Waals surface area contributed by atoms with E-state index in [9.17, 15) is 13.2 Å². The lowest BCUT2D eigenvalue weighted by atomic mass is 10.2. The Labute approximate surface area is 200 Å². The number of rotatable bonds is 10. The van der Waals surface area contributed by atoms with Crippen LogP contribution in [0.1, 0.15) is 38.7 Å². The Morgan fingerprint density at radius 2 is 1.65 bits per heavy atom. The van der Waals surface area contributed by atoms with Gasteiger partial charge in [0.1, 0.15) is 10.6 Å². The number of ether oxygens (including phenoxy) is 3. The summed E-state index contributed by atoms with van der Waals surface area (Å²) in [4.78, 5) is 12.6. The fraction of sp³-hybridized carbons (Fsp3) is 0.417. The van der Waals surface area contributed by atoms with Gasteiger partial charge in [-0.2, -0.15) is 9.57 Å². The van der Waals surface area contributed by atoms with Crippen LogP contribution < -0.4 is 19.5 Å². The molecule has 0 aliphatic carbocycles. The minimum Gasteiger partial charge on any atom is -0.492 e. The van der Waals surface area contributed by atoms with Gasteiger partial charge in [-0.3, -0.25) is 4.79 Å². The van der Waals surface area contributed by atoms with Crippen molar-refractivity contribution in [2.24, 2.45) is 0 Å². The summed E-state index contributed by atoms with van der Waals surface area (Å²) in [6, 6.07) is 11.3. The SMILES string of the molecule is CCOc1cc(C#N)ccc1OCC(=O)Nc1ccc(OCC)c(S(=O)(=O)N2CCCCC2)c1. The van der Waals surface area contributed by atoms with Crippen LogP contribution in [0, 0.1) is 11.3 Å². The number of nitrogens with one attached hydrogen (secondary N) is 1. The molecule has 1 amide bonds. The van der Waals surface area contributed by atoms with Gasteiger partial charge in [0, 0.05) is 24.8 Å². The summed E-state index contributed by atoms with van der Waals surface area (Å²) < 4.78 is 44.6. The summed E-state index contributed by atoms with van der Waals surface area (Å²) in [5.41, 5.74) is 0.731. The maximum atomic E-state index is 13.3. The first-order valence-electron chi connectivity index (χ1n) is 11.3. The van der Waals surface area contributed by atoms with Gasteiger partial charge >= 0.3 is 0 Å². The molecule has 2 aromatic rings. The first kappa shape index (κ1) is 25.3. The van der Waals surface area contributed by atoms with Gasteiger partial charge in [0.05, 0.1) is 24.8 Å². The van der Waals surface area contributed by atoms with Crippen LogP contribution in [0.2, 0.25) is 0 Å². The fourth-order valence-corrected chi connectivity index (χ4v) is 5.29. The van der Waals surface area contributed by atoms with Crippen molar-refractivity contribution in [3.05, 3.63) is 42.0 Å². The van der Waals surface area contributed by atoms with Gasteiger partial charge in [0.25, 0.3) is 5.91 Å². The minimum absolute atomic E-state index is 0.0284. The third-order valence-corrected chi connectivity index (χ3v) is 7.11. The zero-order valence-corrected chi connectivity index (χ0v) is 20.2. The standard InChI is InChI=1S/C24H29N3O6S/c1-3-31-21-11-9-19(15-23(21)34(29,30)27-12-6-5-7-13-27)26-24(28)17-33-20-10-8-18(16-25)14-22(20)32-4-2/h8-11,14-15H,3-7,12-13,17H2,1-2H3,(H,26,28). The lowest BCUT2D eigenvalue weighted by Gasteiger charge is -2.27. The predicted octanol–water partition coefficient (Wildman–Crippen LogP) is 3.55. The van der Waals surface area contributed by atoms with E-state index in [1.54, 1.807) is 44.2 Å². The number of nitrogens with zero attached hydrogens (tertiary/aromatic N) is 2. The van der Waals surface area contributed by atoms with Crippen LogP contribution in [-0.2, 0) is 14.8 Å². The van der Waals surface area contributed by atoms with E-state index in [-0.39, 0.29) is 17.3 Å². The highest BCUT2D eigenvalue weighted by Crippen LogP contribution is 2.32. The average molecular weight is 488 g/mol. The largest absolute Gasteiger partial charge is 0.492 e. The summed E-state index contributed by atoms with van der Waals surface area (Å²) >= 11 is 0. The summed E-state index contributed by atoms with van der Waals surface area (Å²) in [7, 11) is -3.76. The normalized spacial score (nSPS) is 14.1. The predicted molar refractivity (Wildman–Crippen MR) is 127 cm³/mol. The molecule has 0 aromatic heterocycles. The molecule has 9 nitrogen and oxygen atoms in total. The van der Waals surface area contributed by atoms with E-state index in [4.69, 9.17) is 19.5 Å². The van der Waals surface area contributed by atoms with Crippen molar-refractivity contribution in [3.8, 4) is 23.3 Å². The molecule has 1 aliphatic heterocycles. The summed E-state index contributed by atoms with van der Waals surface area (Å²) in [5, 5.41) is 11.7. The number of benzene rings is 2. The Balaban J connectivity index is 1.75. The van der Waals surface area contributed by atoms with Crippen molar-refractivity contribution >= 4 is 21.6 Å². The van der Waals surface area contributed by atoms with Crippen LogP contribution >= 0.6 is 0 Å². The second-order valence-corrected chi connectivity index (χ2v) is 9.51. The average Bonchev–Trinajstić information content (AvgIpc) is 2.85. The summed E-state index contributed by atoms with van der Waals surface area (Å²) in [6.45, 7) is 4.87. The van der Waals surface area contributed by atoms with Crippen LogP contribution in [0.4, 0.5) is 5.69 Å². The fourth-order valence-electron chi connectivity index (χ4n) is 3.61. The van der Waals surface area contributed by atoms with Crippen molar-refractivity contribution in [3.63, 3.8) is 0 Å². The van der Waals surface area contributed by atoms with E-state index in [1.807, 2.05) is 6.07 Å². The Morgan fingerprint density at radius 1 is 0.971 bits per heavy atom. The van der Waals surface area contributed by atoms with E-state index in [1.165, 1.54) is 10.4 Å². The van der Waals surface area contributed by atoms with E-state index in [2.05, 4.69) is 5.32 Å². The number of anilines is 1. The quantitative estimate of drug-likeness (QED) is 0.544.